The second kappa shape index (κ2) is 8.97. The van der Waals surface area contributed by atoms with Gasteiger partial charge in [-0.05, 0) is 22.9 Å². The van der Waals surface area contributed by atoms with E-state index in [1.54, 1.807) is 4.68 Å². The number of thioether (sulfide) groups is 1. The van der Waals surface area contributed by atoms with Crippen LogP contribution in [0.25, 0.3) is 11.3 Å². The number of hydrogen-bond acceptors (Lipinski definition) is 7. The minimum absolute atomic E-state index is 0.141. The van der Waals surface area contributed by atoms with Gasteiger partial charge in [0.15, 0.2) is 5.13 Å². The summed E-state index contributed by atoms with van der Waals surface area (Å²) in [7, 11) is 0. The summed E-state index contributed by atoms with van der Waals surface area (Å²) in [5.74, 6) is -0.141. The van der Waals surface area contributed by atoms with Crippen molar-refractivity contribution in [1.82, 2.24) is 25.2 Å². The van der Waals surface area contributed by atoms with Crippen LogP contribution in [0.5, 0.6) is 0 Å². The van der Waals surface area contributed by atoms with Crippen molar-refractivity contribution >= 4 is 34.1 Å². The summed E-state index contributed by atoms with van der Waals surface area (Å²) in [5, 5.41) is 17.5. The molecule has 29 heavy (non-hydrogen) atoms. The number of anilines is 1. The molecular formula is C20H18N6OS2. The highest BCUT2D eigenvalue weighted by atomic mass is 32.2. The molecule has 0 spiro atoms. The molecule has 0 aliphatic carbocycles. The molecule has 0 aliphatic rings. The Morgan fingerprint density at radius 1 is 1.14 bits per heavy atom. The van der Waals surface area contributed by atoms with Gasteiger partial charge in [-0.3, -0.25) is 4.79 Å². The lowest BCUT2D eigenvalue weighted by molar-refractivity contribution is -0.115. The maximum atomic E-state index is 12.6. The first-order valence-electron chi connectivity index (χ1n) is 8.97. The molecule has 0 saturated heterocycles. The van der Waals surface area contributed by atoms with Crippen molar-refractivity contribution in [3.63, 3.8) is 0 Å². The normalized spacial score (nSPS) is 11.9. The number of nitrogens with one attached hydrogen (secondary N) is 1. The van der Waals surface area contributed by atoms with Gasteiger partial charge >= 0.3 is 0 Å². The summed E-state index contributed by atoms with van der Waals surface area (Å²) < 4.78 is 1.70. The maximum Gasteiger partial charge on any atom is 0.239 e. The molecule has 4 aromatic rings. The molecule has 1 N–H and O–H groups in total. The summed E-state index contributed by atoms with van der Waals surface area (Å²) in [6.45, 7) is 2.38. The molecular weight excluding hydrogens is 404 g/mol. The van der Waals surface area contributed by atoms with Crippen LogP contribution in [-0.2, 0) is 11.3 Å². The lowest BCUT2D eigenvalue weighted by atomic mass is 10.2. The molecule has 0 bridgehead atoms. The fourth-order valence-corrected chi connectivity index (χ4v) is 4.14. The fourth-order valence-electron chi connectivity index (χ4n) is 2.63. The Morgan fingerprint density at radius 2 is 1.86 bits per heavy atom. The SMILES string of the molecule is CC(Sc1nnnn1Cc1ccccc1)C(=O)Nc1nc(-c2ccccc2)cs1. The van der Waals surface area contributed by atoms with Crippen molar-refractivity contribution < 1.29 is 4.79 Å². The lowest BCUT2D eigenvalue weighted by Crippen LogP contribution is -2.23. The first kappa shape index (κ1) is 19.3. The van der Waals surface area contributed by atoms with E-state index in [2.05, 4.69) is 25.8 Å². The van der Waals surface area contributed by atoms with Gasteiger partial charge in [0, 0.05) is 10.9 Å². The summed E-state index contributed by atoms with van der Waals surface area (Å²) in [4.78, 5) is 17.1. The Kier molecular flexibility index (Phi) is 5.97. The molecule has 0 aliphatic heterocycles. The second-order valence-electron chi connectivity index (χ2n) is 6.26. The van der Waals surface area contributed by atoms with Crippen LogP contribution in [-0.4, -0.2) is 36.3 Å². The summed E-state index contributed by atoms with van der Waals surface area (Å²) in [6.07, 6.45) is 0. The van der Waals surface area contributed by atoms with Gasteiger partial charge in [0.1, 0.15) is 0 Å². The van der Waals surface area contributed by atoms with Crippen molar-refractivity contribution in [2.24, 2.45) is 0 Å². The van der Waals surface area contributed by atoms with Gasteiger partial charge in [-0.1, -0.05) is 72.4 Å². The Hall–Kier alpha value is -3.04. The van der Waals surface area contributed by atoms with E-state index < -0.39 is 0 Å². The van der Waals surface area contributed by atoms with E-state index in [4.69, 9.17) is 0 Å². The van der Waals surface area contributed by atoms with Crippen molar-refractivity contribution in [2.45, 2.75) is 23.9 Å². The third-order valence-electron chi connectivity index (χ3n) is 4.13. The highest BCUT2D eigenvalue weighted by molar-refractivity contribution is 8.00. The smallest absolute Gasteiger partial charge is 0.239 e. The molecule has 2 aromatic carbocycles. The molecule has 2 heterocycles. The summed E-state index contributed by atoms with van der Waals surface area (Å²) in [6, 6.07) is 19.8. The molecule has 0 radical (unpaired) electrons. The van der Waals surface area contributed by atoms with Crippen molar-refractivity contribution in [3.8, 4) is 11.3 Å². The molecule has 1 atom stereocenters. The zero-order chi connectivity index (χ0) is 20.1. The van der Waals surface area contributed by atoms with E-state index >= 15 is 0 Å². The number of amides is 1. The largest absolute Gasteiger partial charge is 0.301 e. The van der Waals surface area contributed by atoms with Crippen LogP contribution in [0.1, 0.15) is 12.5 Å². The van der Waals surface area contributed by atoms with Crippen LogP contribution < -0.4 is 5.32 Å². The standard InChI is InChI=1S/C20H18N6OS2/c1-14(29-20-23-24-25-26(20)12-15-8-4-2-5-9-15)18(27)22-19-21-17(13-28-19)16-10-6-3-7-11-16/h2-11,13-14H,12H2,1H3,(H,21,22,27). The maximum absolute atomic E-state index is 12.6. The zero-order valence-electron chi connectivity index (χ0n) is 15.6. The van der Waals surface area contributed by atoms with Crippen LogP contribution in [0.15, 0.2) is 71.2 Å². The van der Waals surface area contributed by atoms with Crippen molar-refractivity contribution in [1.29, 1.82) is 0 Å². The number of carbonyl (C=O) groups is 1. The Balaban J connectivity index is 1.38. The van der Waals surface area contributed by atoms with Gasteiger partial charge in [-0.2, -0.15) is 0 Å². The fraction of sp³-hybridized carbons (Fsp3) is 0.150. The Bertz CT molecular complexity index is 1080. The topological polar surface area (TPSA) is 85.6 Å². The molecule has 9 heteroatoms. The highest BCUT2D eigenvalue weighted by Crippen LogP contribution is 2.26. The number of carbonyl (C=O) groups excluding carboxylic acids is 1. The molecule has 7 nitrogen and oxygen atoms in total. The van der Waals surface area contributed by atoms with E-state index in [1.165, 1.54) is 23.1 Å². The van der Waals surface area contributed by atoms with E-state index in [0.717, 1.165) is 16.8 Å². The summed E-state index contributed by atoms with van der Waals surface area (Å²) >= 11 is 2.72. The molecule has 4 rings (SSSR count). The monoisotopic (exact) mass is 422 g/mol. The Labute approximate surface area is 176 Å². The number of benzene rings is 2. The highest BCUT2D eigenvalue weighted by Gasteiger charge is 2.20. The molecule has 0 saturated carbocycles. The number of thiazole rings is 1. The van der Waals surface area contributed by atoms with E-state index in [9.17, 15) is 4.79 Å². The van der Waals surface area contributed by atoms with E-state index in [-0.39, 0.29) is 11.2 Å². The summed E-state index contributed by atoms with van der Waals surface area (Å²) in [5.41, 5.74) is 2.96. The molecule has 1 amide bonds. The van der Waals surface area contributed by atoms with Crippen LogP contribution >= 0.6 is 23.1 Å². The van der Waals surface area contributed by atoms with Crippen LogP contribution in [0.3, 0.4) is 0 Å². The first-order chi connectivity index (χ1) is 14.2. The minimum Gasteiger partial charge on any atom is -0.301 e. The number of rotatable bonds is 7. The van der Waals surface area contributed by atoms with Crippen LogP contribution in [0.4, 0.5) is 5.13 Å². The van der Waals surface area contributed by atoms with Crippen molar-refractivity contribution in [2.75, 3.05) is 5.32 Å². The third-order valence-corrected chi connectivity index (χ3v) is 5.96. The van der Waals surface area contributed by atoms with Gasteiger partial charge in [-0.15, -0.1) is 16.4 Å². The predicted molar refractivity (Wildman–Crippen MR) is 115 cm³/mol. The number of nitrogens with zero attached hydrogens (tertiary/aromatic N) is 5. The first-order valence-corrected chi connectivity index (χ1v) is 10.7. The number of tetrazole rings is 1. The molecule has 0 fully saturated rings. The second-order valence-corrected chi connectivity index (χ2v) is 8.42. The molecule has 2 aromatic heterocycles. The Morgan fingerprint density at radius 3 is 2.62 bits per heavy atom. The molecule has 1 unspecified atom stereocenters. The van der Waals surface area contributed by atoms with E-state index in [1.807, 2.05) is 73.0 Å². The molecule has 146 valence electrons. The number of aromatic nitrogens is 5. The van der Waals surface area contributed by atoms with Gasteiger partial charge in [0.05, 0.1) is 17.5 Å². The quantitative estimate of drug-likeness (QED) is 0.454. The minimum atomic E-state index is -0.375. The average Bonchev–Trinajstić information content (AvgIpc) is 3.39. The van der Waals surface area contributed by atoms with Gasteiger partial charge in [-0.25, -0.2) is 9.67 Å². The average molecular weight is 423 g/mol. The zero-order valence-corrected chi connectivity index (χ0v) is 17.2. The van der Waals surface area contributed by atoms with Crippen LogP contribution in [0, 0.1) is 0 Å². The van der Waals surface area contributed by atoms with Gasteiger partial charge in [0.2, 0.25) is 11.1 Å². The van der Waals surface area contributed by atoms with Crippen LogP contribution in [0.2, 0.25) is 0 Å². The van der Waals surface area contributed by atoms with Crippen molar-refractivity contribution in [3.05, 3.63) is 71.6 Å². The lowest BCUT2D eigenvalue weighted by Gasteiger charge is -2.10. The van der Waals surface area contributed by atoms with E-state index in [0.29, 0.717) is 16.8 Å². The number of hydrogen-bond donors (Lipinski definition) is 1. The third kappa shape index (κ3) is 4.87. The van der Waals surface area contributed by atoms with Gasteiger partial charge in [0.25, 0.3) is 0 Å². The predicted octanol–water partition coefficient (Wildman–Crippen LogP) is 3.96. The van der Waals surface area contributed by atoms with Gasteiger partial charge < -0.3 is 5.32 Å².